The third-order valence-electron chi connectivity index (χ3n) is 5.32. The van der Waals surface area contributed by atoms with E-state index in [1.165, 1.54) is 5.56 Å². The molecule has 0 radical (unpaired) electrons. The highest BCUT2D eigenvalue weighted by Crippen LogP contribution is 2.31. The first-order valence-corrected chi connectivity index (χ1v) is 9.40. The molecule has 0 aliphatic heterocycles. The van der Waals surface area contributed by atoms with Crippen LogP contribution in [0.4, 0.5) is 5.69 Å². The average Bonchev–Trinajstić information content (AvgIpc) is 3.29. The topological polar surface area (TPSA) is 38.3 Å². The zero-order valence-corrected chi connectivity index (χ0v) is 15.1. The zero-order chi connectivity index (χ0) is 18.5. The Balaban J connectivity index is 1.32. The van der Waals surface area contributed by atoms with Crippen molar-refractivity contribution in [1.29, 1.82) is 0 Å². The van der Waals surface area contributed by atoms with Crippen LogP contribution >= 0.6 is 0 Å². The van der Waals surface area contributed by atoms with Crippen molar-refractivity contribution in [2.75, 3.05) is 5.32 Å². The Bertz CT molecular complexity index is 1470. The van der Waals surface area contributed by atoms with Gasteiger partial charge in [-0.15, -0.1) is 0 Å². The molecule has 0 atom stereocenters. The molecule has 0 fully saturated rings. The number of para-hydroxylation sites is 2. The van der Waals surface area contributed by atoms with Crippen LogP contribution in [0.5, 0.6) is 0 Å². The molecule has 2 heterocycles. The number of hydrogen-bond acceptors (Lipinski definition) is 3. The lowest BCUT2D eigenvalue weighted by atomic mass is 10.1. The molecule has 0 spiro atoms. The quantitative estimate of drug-likeness (QED) is 0.364. The van der Waals surface area contributed by atoms with Gasteiger partial charge in [0, 0.05) is 33.8 Å². The van der Waals surface area contributed by atoms with E-state index >= 15 is 0 Å². The summed E-state index contributed by atoms with van der Waals surface area (Å²) in [5.41, 5.74) is 5.95. The van der Waals surface area contributed by atoms with E-state index in [9.17, 15) is 0 Å². The van der Waals surface area contributed by atoms with Gasteiger partial charge in [-0.25, -0.2) is 0 Å². The van der Waals surface area contributed by atoms with Crippen LogP contribution in [-0.2, 0) is 6.54 Å². The van der Waals surface area contributed by atoms with Gasteiger partial charge in [0.2, 0.25) is 0 Å². The fraction of sp³-hybridized carbons (Fsp3) is 0.0400. The van der Waals surface area contributed by atoms with Crippen LogP contribution in [0, 0.1) is 0 Å². The van der Waals surface area contributed by atoms with Crippen molar-refractivity contribution in [1.82, 2.24) is 0 Å². The molecule has 3 heteroatoms. The Morgan fingerprint density at radius 2 is 1.18 bits per heavy atom. The van der Waals surface area contributed by atoms with E-state index in [1.54, 1.807) is 0 Å². The van der Waals surface area contributed by atoms with Crippen LogP contribution in [0.2, 0.25) is 0 Å². The van der Waals surface area contributed by atoms with Gasteiger partial charge >= 0.3 is 0 Å². The maximum absolute atomic E-state index is 6.00. The number of hydrogen-bond donors (Lipinski definition) is 1. The fourth-order valence-corrected chi connectivity index (χ4v) is 3.92. The Kier molecular flexibility index (Phi) is 3.23. The van der Waals surface area contributed by atoms with Crippen molar-refractivity contribution in [3.05, 3.63) is 90.5 Å². The normalized spacial score (nSPS) is 11.7. The molecule has 134 valence electrons. The second-order valence-corrected chi connectivity index (χ2v) is 7.09. The van der Waals surface area contributed by atoms with Crippen molar-refractivity contribution >= 4 is 49.6 Å². The van der Waals surface area contributed by atoms with Gasteiger partial charge in [-0.3, -0.25) is 0 Å². The molecule has 6 aromatic rings. The monoisotopic (exact) mass is 363 g/mol. The summed E-state index contributed by atoms with van der Waals surface area (Å²) < 4.78 is 11.9. The molecule has 0 saturated heterocycles. The minimum absolute atomic E-state index is 0.730. The van der Waals surface area contributed by atoms with Crippen LogP contribution in [0.1, 0.15) is 5.56 Å². The van der Waals surface area contributed by atoms with Crippen molar-refractivity contribution in [2.24, 2.45) is 0 Å². The third-order valence-corrected chi connectivity index (χ3v) is 5.32. The molecule has 0 aliphatic carbocycles. The second-order valence-electron chi connectivity index (χ2n) is 7.09. The molecule has 0 aliphatic rings. The summed E-state index contributed by atoms with van der Waals surface area (Å²) >= 11 is 0. The summed E-state index contributed by atoms with van der Waals surface area (Å²) in [6.07, 6.45) is 0. The summed E-state index contributed by atoms with van der Waals surface area (Å²) in [4.78, 5) is 0. The number of anilines is 1. The number of fused-ring (bicyclic) bond motifs is 6. The number of rotatable bonds is 3. The summed E-state index contributed by atoms with van der Waals surface area (Å²) in [6.45, 7) is 0.730. The summed E-state index contributed by atoms with van der Waals surface area (Å²) in [6, 6.07) is 29.0. The largest absolute Gasteiger partial charge is 0.456 e. The van der Waals surface area contributed by atoms with E-state index in [0.717, 1.165) is 56.1 Å². The van der Waals surface area contributed by atoms with E-state index in [2.05, 4.69) is 47.8 Å². The Morgan fingerprint density at radius 3 is 2.00 bits per heavy atom. The van der Waals surface area contributed by atoms with E-state index in [0.29, 0.717) is 0 Å². The molecule has 0 unspecified atom stereocenters. The van der Waals surface area contributed by atoms with Gasteiger partial charge in [0.25, 0.3) is 0 Å². The molecule has 0 bridgehead atoms. The maximum Gasteiger partial charge on any atom is 0.135 e. The van der Waals surface area contributed by atoms with Crippen molar-refractivity contribution < 1.29 is 8.83 Å². The summed E-state index contributed by atoms with van der Waals surface area (Å²) in [5.74, 6) is 0. The lowest BCUT2D eigenvalue weighted by Crippen LogP contribution is -1.98. The third kappa shape index (κ3) is 2.37. The van der Waals surface area contributed by atoms with Crippen LogP contribution < -0.4 is 5.32 Å². The van der Waals surface area contributed by atoms with Gasteiger partial charge in [-0.05, 0) is 42.0 Å². The minimum atomic E-state index is 0.730. The van der Waals surface area contributed by atoms with E-state index in [4.69, 9.17) is 8.83 Å². The highest BCUT2D eigenvalue weighted by Gasteiger charge is 2.08. The average molecular weight is 363 g/mol. The maximum atomic E-state index is 6.00. The first-order valence-electron chi connectivity index (χ1n) is 9.40. The molecular weight excluding hydrogens is 346 g/mol. The van der Waals surface area contributed by atoms with Gasteiger partial charge in [0.1, 0.15) is 22.3 Å². The highest BCUT2D eigenvalue weighted by atomic mass is 16.3. The summed E-state index contributed by atoms with van der Waals surface area (Å²) in [5, 5.41) is 8.12. The molecule has 6 rings (SSSR count). The highest BCUT2D eigenvalue weighted by molar-refractivity contribution is 6.06. The molecule has 1 N–H and O–H groups in total. The predicted molar refractivity (Wildman–Crippen MR) is 115 cm³/mol. The number of furan rings is 2. The zero-order valence-electron chi connectivity index (χ0n) is 15.1. The molecule has 3 nitrogen and oxygen atoms in total. The van der Waals surface area contributed by atoms with Gasteiger partial charge in [-0.2, -0.15) is 0 Å². The van der Waals surface area contributed by atoms with E-state index in [-0.39, 0.29) is 0 Å². The van der Waals surface area contributed by atoms with Crippen LogP contribution in [0.3, 0.4) is 0 Å². The smallest absolute Gasteiger partial charge is 0.135 e. The van der Waals surface area contributed by atoms with Gasteiger partial charge in [0.05, 0.1) is 0 Å². The Morgan fingerprint density at radius 1 is 0.536 bits per heavy atom. The van der Waals surface area contributed by atoms with Crippen molar-refractivity contribution in [3.63, 3.8) is 0 Å². The molecular formula is C25H17NO2. The SMILES string of the molecule is c1ccc2c(c1)oc1cc(CNc3ccc4oc5ccccc5c4c3)ccc12. The molecule has 0 saturated carbocycles. The first-order chi connectivity index (χ1) is 13.8. The Hall–Kier alpha value is -3.72. The lowest BCUT2D eigenvalue weighted by molar-refractivity contribution is 0.668. The van der Waals surface area contributed by atoms with Gasteiger partial charge in [0.15, 0.2) is 0 Å². The van der Waals surface area contributed by atoms with E-state index in [1.807, 2.05) is 42.5 Å². The number of nitrogens with one attached hydrogen (secondary N) is 1. The fourth-order valence-electron chi connectivity index (χ4n) is 3.92. The number of benzene rings is 4. The second kappa shape index (κ2) is 5.89. The summed E-state index contributed by atoms with van der Waals surface area (Å²) in [7, 11) is 0. The van der Waals surface area contributed by atoms with Crippen LogP contribution in [0.25, 0.3) is 43.9 Å². The lowest BCUT2D eigenvalue weighted by Gasteiger charge is -2.07. The van der Waals surface area contributed by atoms with Crippen molar-refractivity contribution in [3.8, 4) is 0 Å². The molecule has 2 aromatic heterocycles. The minimum Gasteiger partial charge on any atom is -0.456 e. The predicted octanol–water partition coefficient (Wildman–Crippen LogP) is 7.10. The standard InChI is InChI=1S/C25H17NO2/c1-3-7-22-18(5-1)20-11-9-16(13-25(20)28-22)15-26-17-10-12-24-21(14-17)19-6-2-4-8-23(19)27-24/h1-14,26H,15H2. The van der Waals surface area contributed by atoms with Crippen LogP contribution in [-0.4, -0.2) is 0 Å². The van der Waals surface area contributed by atoms with Gasteiger partial charge < -0.3 is 14.2 Å². The van der Waals surface area contributed by atoms with Gasteiger partial charge in [-0.1, -0.05) is 48.5 Å². The Labute approximate surface area is 161 Å². The molecule has 28 heavy (non-hydrogen) atoms. The molecule has 0 amide bonds. The first kappa shape index (κ1) is 15.3. The van der Waals surface area contributed by atoms with Crippen molar-refractivity contribution in [2.45, 2.75) is 6.54 Å². The molecule has 4 aromatic carbocycles. The van der Waals surface area contributed by atoms with E-state index < -0.39 is 0 Å². The van der Waals surface area contributed by atoms with Crippen LogP contribution in [0.15, 0.2) is 93.8 Å².